The molecule has 160 valence electrons. The van der Waals surface area contributed by atoms with E-state index < -0.39 is 5.82 Å². The van der Waals surface area contributed by atoms with Crippen molar-refractivity contribution in [2.45, 2.75) is 13.1 Å². The first-order valence-corrected chi connectivity index (χ1v) is 10.5. The molecule has 2 aliphatic rings. The van der Waals surface area contributed by atoms with Crippen molar-refractivity contribution < 1.29 is 19.0 Å². The van der Waals surface area contributed by atoms with Crippen molar-refractivity contribution in [1.82, 2.24) is 14.7 Å². The topological polar surface area (TPSA) is 56.2 Å². The second-order valence-corrected chi connectivity index (χ2v) is 7.84. The van der Waals surface area contributed by atoms with Crippen LogP contribution < -0.4 is 4.74 Å². The fourth-order valence-corrected chi connectivity index (χ4v) is 4.09. The lowest BCUT2D eigenvalue weighted by molar-refractivity contribution is 0.0728. The SMILES string of the molecule is O=C(c1ccccc1F)N1CCOc2ccc(CN3CCN(CCO)CC3)cc2C1. The van der Waals surface area contributed by atoms with E-state index in [2.05, 4.69) is 21.9 Å². The molecule has 30 heavy (non-hydrogen) atoms. The first-order valence-electron chi connectivity index (χ1n) is 10.5. The van der Waals surface area contributed by atoms with Crippen molar-refractivity contribution in [2.75, 3.05) is 52.5 Å². The van der Waals surface area contributed by atoms with E-state index in [9.17, 15) is 9.18 Å². The quantitative estimate of drug-likeness (QED) is 0.812. The zero-order valence-corrected chi connectivity index (χ0v) is 17.1. The molecule has 1 N–H and O–H groups in total. The van der Waals surface area contributed by atoms with Gasteiger partial charge >= 0.3 is 0 Å². The van der Waals surface area contributed by atoms with Crippen LogP contribution in [0, 0.1) is 5.82 Å². The number of rotatable bonds is 5. The number of carbonyl (C=O) groups excluding carboxylic acids is 1. The van der Waals surface area contributed by atoms with E-state index in [0.29, 0.717) is 19.7 Å². The Morgan fingerprint density at radius 1 is 1.03 bits per heavy atom. The van der Waals surface area contributed by atoms with Crippen LogP contribution in [0.15, 0.2) is 42.5 Å². The molecule has 0 atom stereocenters. The van der Waals surface area contributed by atoms with Gasteiger partial charge in [-0.05, 0) is 29.8 Å². The van der Waals surface area contributed by atoms with Gasteiger partial charge in [0, 0.05) is 51.4 Å². The molecule has 0 unspecified atom stereocenters. The van der Waals surface area contributed by atoms with Gasteiger partial charge in [0.1, 0.15) is 18.2 Å². The van der Waals surface area contributed by atoms with Crippen LogP contribution in [0.3, 0.4) is 0 Å². The fourth-order valence-electron chi connectivity index (χ4n) is 4.09. The molecule has 0 radical (unpaired) electrons. The maximum absolute atomic E-state index is 14.1. The molecule has 2 aliphatic heterocycles. The summed E-state index contributed by atoms with van der Waals surface area (Å²) in [5.41, 5.74) is 2.22. The fraction of sp³-hybridized carbons (Fsp3) is 0.435. The normalized spacial score (nSPS) is 17.9. The highest BCUT2D eigenvalue weighted by molar-refractivity contribution is 5.94. The van der Waals surface area contributed by atoms with Crippen LogP contribution >= 0.6 is 0 Å². The number of ether oxygens (including phenoxy) is 1. The zero-order valence-electron chi connectivity index (χ0n) is 17.1. The maximum atomic E-state index is 14.1. The Bertz CT molecular complexity index is 884. The zero-order chi connectivity index (χ0) is 20.9. The number of halogens is 1. The number of nitrogens with zero attached hydrogens (tertiary/aromatic N) is 3. The molecule has 2 aromatic rings. The second kappa shape index (κ2) is 9.55. The number of piperazine rings is 1. The number of hydrogen-bond donors (Lipinski definition) is 1. The van der Waals surface area contributed by atoms with Gasteiger partial charge in [-0.25, -0.2) is 4.39 Å². The molecule has 0 aliphatic carbocycles. The molecule has 6 nitrogen and oxygen atoms in total. The van der Waals surface area contributed by atoms with Crippen LogP contribution in [-0.2, 0) is 13.1 Å². The smallest absolute Gasteiger partial charge is 0.257 e. The summed E-state index contributed by atoms with van der Waals surface area (Å²) < 4.78 is 19.9. The molecule has 0 aromatic heterocycles. The van der Waals surface area contributed by atoms with E-state index in [0.717, 1.165) is 50.6 Å². The molecular weight excluding hydrogens is 385 g/mol. The van der Waals surface area contributed by atoms with E-state index in [4.69, 9.17) is 9.84 Å². The number of β-amino-alcohol motifs (C(OH)–C–C–N with tert-alkyl or cyclic N) is 1. The Morgan fingerprint density at radius 2 is 1.80 bits per heavy atom. The maximum Gasteiger partial charge on any atom is 0.257 e. The molecule has 1 saturated heterocycles. The first-order chi connectivity index (χ1) is 14.6. The highest BCUT2D eigenvalue weighted by atomic mass is 19.1. The monoisotopic (exact) mass is 413 g/mol. The average Bonchev–Trinajstić information content (AvgIpc) is 2.97. The second-order valence-electron chi connectivity index (χ2n) is 7.84. The first kappa shape index (κ1) is 20.8. The van der Waals surface area contributed by atoms with Crippen LogP contribution in [0.1, 0.15) is 21.5 Å². The van der Waals surface area contributed by atoms with Gasteiger partial charge in [0.2, 0.25) is 0 Å². The molecule has 2 heterocycles. The van der Waals surface area contributed by atoms with Crippen LogP contribution in [0.4, 0.5) is 4.39 Å². The van der Waals surface area contributed by atoms with Crippen LogP contribution in [-0.4, -0.2) is 78.2 Å². The minimum absolute atomic E-state index is 0.0952. The molecule has 4 rings (SSSR count). The summed E-state index contributed by atoms with van der Waals surface area (Å²) in [6.45, 7) is 6.82. The largest absolute Gasteiger partial charge is 0.491 e. The standard InChI is InChI=1S/C23H28FN3O3/c24-21-4-2-1-3-20(21)23(29)27-12-14-30-22-6-5-18(15-19(22)17-27)16-26-9-7-25(8-10-26)11-13-28/h1-6,15,28H,7-14,16-17H2. The molecule has 2 aromatic carbocycles. The molecular formula is C23H28FN3O3. The van der Waals surface area contributed by atoms with Gasteiger partial charge < -0.3 is 14.7 Å². The van der Waals surface area contributed by atoms with Gasteiger partial charge in [-0.15, -0.1) is 0 Å². The van der Waals surface area contributed by atoms with E-state index in [1.807, 2.05) is 6.07 Å². The summed E-state index contributed by atoms with van der Waals surface area (Å²) in [5.74, 6) is -0.0210. The van der Waals surface area contributed by atoms with Gasteiger partial charge in [0.25, 0.3) is 5.91 Å². The van der Waals surface area contributed by atoms with E-state index in [-0.39, 0.29) is 18.1 Å². The van der Waals surface area contributed by atoms with E-state index in [1.165, 1.54) is 17.7 Å². The third kappa shape index (κ3) is 4.80. The predicted octanol–water partition coefficient (Wildman–Crippen LogP) is 1.97. The molecule has 1 amide bonds. The Morgan fingerprint density at radius 3 is 2.57 bits per heavy atom. The van der Waals surface area contributed by atoms with Gasteiger partial charge in [-0.3, -0.25) is 14.6 Å². The Balaban J connectivity index is 1.44. The molecule has 7 heteroatoms. The van der Waals surface area contributed by atoms with E-state index in [1.54, 1.807) is 17.0 Å². The number of carbonyl (C=O) groups is 1. The highest BCUT2D eigenvalue weighted by Gasteiger charge is 2.24. The minimum atomic E-state index is -0.498. The third-order valence-corrected chi connectivity index (χ3v) is 5.78. The molecule has 0 spiro atoms. The Labute approximate surface area is 176 Å². The lowest BCUT2D eigenvalue weighted by Crippen LogP contribution is -2.46. The van der Waals surface area contributed by atoms with Gasteiger partial charge in [-0.1, -0.05) is 18.2 Å². The number of aliphatic hydroxyl groups is 1. The van der Waals surface area contributed by atoms with Crippen LogP contribution in [0.5, 0.6) is 5.75 Å². The van der Waals surface area contributed by atoms with Crippen molar-refractivity contribution in [2.24, 2.45) is 0 Å². The van der Waals surface area contributed by atoms with Crippen molar-refractivity contribution in [1.29, 1.82) is 0 Å². The van der Waals surface area contributed by atoms with Crippen molar-refractivity contribution >= 4 is 5.91 Å². The average molecular weight is 413 g/mol. The molecule has 0 bridgehead atoms. The lowest BCUT2D eigenvalue weighted by Gasteiger charge is -2.34. The van der Waals surface area contributed by atoms with Gasteiger partial charge in [-0.2, -0.15) is 0 Å². The minimum Gasteiger partial charge on any atom is -0.491 e. The van der Waals surface area contributed by atoms with Gasteiger partial charge in [0.05, 0.1) is 18.7 Å². The molecule has 1 fully saturated rings. The van der Waals surface area contributed by atoms with Crippen molar-refractivity contribution in [3.8, 4) is 5.75 Å². The number of hydrogen-bond acceptors (Lipinski definition) is 5. The summed E-state index contributed by atoms with van der Waals surface area (Å²) >= 11 is 0. The summed E-state index contributed by atoms with van der Waals surface area (Å²) in [5, 5.41) is 9.09. The summed E-state index contributed by atoms with van der Waals surface area (Å²) in [6, 6.07) is 12.3. The number of benzene rings is 2. The lowest BCUT2D eigenvalue weighted by atomic mass is 10.1. The number of fused-ring (bicyclic) bond motifs is 1. The highest BCUT2D eigenvalue weighted by Crippen LogP contribution is 2.26. The Hall–Kier alpha value is -2.48. The Kier molecular flexibility index (Phi) is 6.62. The summed E-state index contributed by atoms with van der Waals surface area (Å²) in [7, 11) is 0. The summed E-state index contributed by atoms with van der Waals surface area (Å²) in [4.78, 5) is 19.2. The van der Waals surface area contributed by atoms with Gasteiger partial charge in [0.15, 0.2) is 0 Å². The van der Waals surface area contributed by atoms with Crippen molar-refractivity contribution in [3.05, 3.63) is 65.0 Å². The van der Waals surface area contributed by atoms with Crippen molar-refractivity contribution in [3.63, 3.8) is 0 Å². The van der Waals surface area contributed by atoms with Crippen LogP contribution in [0.25, 0.3) is 0 Å². The van der Waals surface area contributed by atoms with E-state index >= 15 is 0 Å². The number of amides is 1. The number of aliphatic hydroxyl groups excluding tert-OH is 1. The third-order valence-electron chi connectivity index (χ3n) is 5.78. The molecule has 0 saturated carbocycles. The predicted molar refractivity (Wildman–Crippen MR) is 112 cm³/mol. The van der Waals surface area contributed by atoms with Crippen LogP contribution in [0.2, 0.25) is 0 Å². The summed E-state index contributed by atoms with van der Waals surface area (Å²) in [6.07, 6.45) is 0.